The molecule has 2 saturated heterocycles. The van der Waals surface area contributed by atoms with Crippen molar-refractivity contribution in [2.45, 2.75) is 25.9 Å². The summed E-state index contributed by atoms with van der Waals surface area (Å²) in [6.45, 7) is 3.59. The average molecular weight is 371 g/mol. The normalized spacial score (nSPS) is 20.4. The van der Waals surface area contributed by atoms with Crippen molar-refractivity contribution in [3.8, 4) is 11.9 Å². The van der Waals surface area contributed by atoms with Gasteiger partial charge in [-0.05, 0) is 25.8 Å². The summed E-state index contributed by atoms with van der Waals surface area (Å²) in [4.78, 5) is 45.1. The van der Waals surface area contributed by atoms with Crippen LogP contribution in [0, 0.1) is 11.3 Å². The highest BCUT2D eigenvalue weighted by Crippen LogP contribution is 2.19. The summed E-state index contributed by atoms with van der Waals surface area (Å²) in [6.07, 6.45) is 2.66. The van der Waals surface area contributed by atoms with Crippen LogP contribution in [0.3, 0.4) is 0 Å². The summed E-state index contributed by atoms with van der Waals surface area (Å²) in [5, 5.41) is 8.96. The molecule has 0 bridgehead atoms. The first-order chi connectivity index (χ1) is 13.0. The molecule has 27 heavy (non-hydrogen) atoms. The Kier molecular flexibility index (Phi) is 5.54. The second-order valence-corrected chi connectivity index (χ2v) is 6.45. The van der Waals surface area contributed by atoms with Crippen LogP contribution in [0.5, 0.6) is 5.88 Å². The van der Waals surface area contributed by atoms with E-state index in [1.165, 1.54) is 16.0 Å². The van der Waals surface area contributed by atoms with Gasteiger partial charge in [0.15, 0.2) is 0 Å². The highest BCUT2D eigenvalue weighted by Gasteiger charge is 2.38. The molecule has 4 amide bonds. The first-order valence-corrected chi connectivity index (χ1v) is 8.96. The predicted octanol–water partition coefficient (Wildman–Crippen LogP) is 0.607. The fourth-order valence-corrected chi connectivity index (χ4v) is 3.25. The molecule has 0 N–H and O–H groups in total. The van der Waals surface area contributed by atoms with Crippen LogP contribution >= 0.6 is 0 Å². The van der Waals surface area contributed by atoms with E-state index in [9.17, 15) is 14.4 Å². The van der Waals surface area contributed by atoms with Crippen LogP contribution in [0.25, 0.3) is 0 Å². The SMILES string of the molecule is CCN1CCN(C(=O)N2CCC[C@@H](Oc3cc(C#N)ccn3)C2)C(=O)C1=O. The summed E-state index contributed by atoms with van der Waals surface area (Å²) >= 11 is 0. The minimum absolute atomic E-state index is 0.199. The number of pyridine rings is 1. The fourth-order valence-electron chi connectivity index (χ4n) is 3.25. The third-order valence-electron chi connectivity index (χ3n) is 4.72. The molecular weight excluding hydrogens is 350 g/mol. The van der Waals surface area contributed by atoms with Crippen molar-refractivity contribution in [1.29, 1.82) is 5.26 Å². The summed E-state index contributed by atoms with van der Waals surface area (Å²) in [6, 6.07) is 4.70. The van der Waals surface area contributed by atoms with E-state index < -0.39 is 17.8 Å². The first kappa shape index (κ1) is 18.6. The Bertz CT molecular complexity index is 790. The van der Waals surface area contributed by atoms with Crippen LogP contribution in [0.2, 0.25) is 0 Å². The lowest BCUT2D eigenvalue weighted by Crippen LogP contribution is -2.60. The maximum absolute atomic E-state index is 12.7. The number of carbonyl (C=O) groups is 3. The summed E-state index contributed by atoms with van der Waals surface area (Å²) < 4.78 is 5.81. The van der Waals surface area contributed by atoms with E-state index in [4.69, 9.17) is 10.00 Å². The number of imide groups is 1. The summed E-state index contributed by atoms with van der Waals surface area (Å²) in [7, 11) is 0. The molecule has 1 atom stereocenters. The summed E-state index contributed by atoms with van der Waals surface area (Å²) in [5.74, 6) is -1.09. The number of hydrogen-bond acceptors (Lipinski definition) is 6. The highest BCUT2D eigenvalue weighted by molar-refractivity contribution is 6.38. The lowest BCUT2D eigenvalue weighted by molar-refractivity contribution is -0.154. The van der Waals surface area contributed by atoms with E-state index in [1.54, 1.807) is 19.1 Å². The highest BCUT2D eigenvalue weighted by atomic mass is 16.5. The molecule has 9 nitrogen and oxygen atoms in total. The van der Waals surface area contributed by atoms with Crippen LogP contribution in [-0.2, 0) is 9.59 Å². The minimum Gasteiger partial charge on any atom is -0.472 e. The zero-order valence-electron chi connectivity index (χ0n) is 15.1. The van der Waals surface area contributed by atoms with Gasteiger partial charge in [0.1, 0.15) is 6.10 Å². The lowest BCUT2D eigenvalue weighted by atomic mass is 10.1. The predicted molar refractivity (Wildman–Crippen MR) is 93.5 cm³/mol. The average Bonchev–Trinajstić information content (AvgIpc) is 2.70. The molecule has 142 valence electrons. The zero-order valence-corrected chi connectivity index (χ0v) is 15.1. The number of carbonyl (C=O) groups excluding carboxylic acids is 3. The second-order valence-electron chi connectivity index (χ2n) is 6.45. The Morgan fingerprint density at radius 2 is 2.15 bits per heavy atom. The molecule has 2 aliphatic rings. The molecular formula is C18H21N5O4. The Morgan fingerprint density at radius 1 is 1.33 bits per heavy atom. The molecule has 9 heteroatoms. The number of nitrogens with zero attached hydrogens (tertiary/aromatic N) is 5. The number of piperazine rings is 1. The number of hydrogen-bond donors (Lipinski definition) is 0. The molecule has 0 spiro atoms. The van der Waals surface area contributed by atoms with Crippen LogP contribution in [0.4, 0.5) is 4.79 Å². The van der Waals surface area contributed by atoms with E-state index in [0.717, 1.165) is 11.3 Å². The second kappa shape index (κ2) is 8.03. The smallest absolute Gasteiger partial charge is 0.327 e. The van der Waals surface area contributed by atoms with Crippen molar-refractivity contribution >= 4 is 17.8 Å². The minimum atomic E-state index is -0.778. The van der Waals surface area contributed by atoms with E-state index in [2.05, 4.69) is 4.98 Å². The van der Waals surface area contributed by atoms with Gasteiger partial charge in [0.25, 0.3) is 0 Å². The van der Waals surface area contributed by atoms with Gasteiger partial charge in [-0.2, -0.15) is 5.26 Å². The Labute approximate surface area is 157 Å². The van der Waals surface area contributed by atoms with Gasteiger partial charge in [0.2, 0.25) is 5.88 Å². The van der Waals surface area contributed by atoms with Crippen molar-refractivity contribution < 1.29 is 19.1 Å². The van der Waals surface area contributed by atoms with E-state index in [-0.39, 0.29) is 12.6 Å². The van der Waals surface area contributed by atoms with Crippen molar-refractivity contribution in [2.75, 3.05) is 32.7 Å². The van der Waals surface area contributed by atoms with Crippen LogP contribution in [0.1, 0.15) is 25.3 Å². The number of likely N-dealkylation sites (N-methyl/N-ethyl adjacent to an activating group) is 1. The maximum atomic E-state index is 12.7. The third-order valence-corrected chi connectivity index (χ3v) is 4.72. The van der Waals surface area contributed by atoms with E-state index in [1.807, 2.05) is 6.07 Å². The van der Waals surface area contributed by atoms with Crippen molar-refractivity contribution in [1.82, 2.24) is 19.7 Å². The number of piperidine rings is 1. The van der Waals surface area contributed by atoms with Gasteiger partial charge in [-0.25, -0.2) is 9.78 Å². The van der Waals surface area contributed by atoms with Gasteiger partial charge >= 0.3 is 17.8 Å². The molecule has 2 aliphatic heterocycles. The van der Waals surface area contributed by atoms with Gasteiger partial charge in [0, 0.05) is 38.4 Å². The van der Waals surface area contributed by atoms with Gasteiger partial charge in [0.05, 0.1) is 18.2 Å². The summed E-state index contributed by atoms with van der Waals surface area (Å²) in [5.41, 5.74) is 0.446. The van der Waals surface area contributed by atoms with Gasteiger partial charge in [-0.1, -0.05) is 0 Å². The standard InChI is InChI=1S/C18H21N5O4/c1-2-21-8-9-23(17(25)16(21)24)18(26)22-7-3-4-14(12-22)27-15-10-13(11-19)5-6-20-15/h5-6,10,14H,2-4,7-9,12H2,1H3/t14-/m1/s1. The van der Waals surface area contributed by atoms with Crippen LogP contribution in [0.15, 0.2) is 18.3 Å². The molecule has 1 aromatic rings. The number of likely N-dealkylation sites (tertiary alicyclic amines) is 1. The molecule has 3 rings (SSSR count). The van der Waals surface area contributed by atoms with E-state index in [0.29, 0.717) is 44.0 Å². The lowest BCUT2D eigenvalue weighted by Gasteiger charge is -2.38. The number of amides is 4. The zero-order chi connectivity index (χ0) is 19.4. The van der Waals surface area contributed by atoms with Crippen molar-refractivity contribution in [3.63, 3.8) is 0 Å². The fraction of sp³-hybridized carbons (Fsp3) is 0.500. The topological polar surface area (TPSA) is 107 Å². The molecule has 0 aromatic carbocycles. The van der Waals surface area contributed by atoms with Gasteiger partial charge in [-0.3, -0.25) is 14.5 Å². The van der Waals surface area contributed by atoms with E-state index >= 15 is 0 Å². The number of rotatable bonds is 3. The molecule has 0 saturated carbocycles. The largest absolute Gasteiger partial charge is 0.472 e. The monoisotopic (exact) mass is 371 g/mol. The Hall–Kier alpha value is -3.15. The number of urea groups is 1. The Morgan fingerprint density at radius 3 is 2.89 bits per heavy atom. The Balaban J connectivity index is 1.63. The first-order valence-electron chi connectivity index (χ1n) is 8.96. The maximum Gasteiger partial charge on any atom is 0.327 e. The van der Waals surface area contributed by atoms with Crippen LogP contribution < -0.4 is 4.74 Å². The molecule has 1 aromatic heterocycles. The van der Waals surface area contributed by atoms with Crippen molar-refractivity contribution in [2.24, 2.45) is 0 Å². The van der Waals surface area contributed by atoms with Crippen LogP contribution in [-0.4, -0.2) is 76.4 Å². The molecule has 0 radical (unpaired) electrons. The van der Waals surface area contributed by atoms with Gasteiger partial charge < -0.3 is 14.5 Å². The quantitative estimate of drug-likeness (QED) is 0.721. The van der Waals surface area contributed by atoms with Gasteiger partial charge in [-0.15, -0.1) is 0 Å². The molecule has 3 heterocycles. The number of aromatic nitrogens is 1. The molecule has 2 fully saturated rings. The third kappa shape index (κ3) is 4.00. The van der Waals surface area contributed by atoms with Crippen molar-refractivity contribution in [3.05, 3.63) is 23.9 Å². The number of nitriles is 1. The number of ether oxygens (including phenoxy) is 1. The molecule has 0 unspecified atom stereocenters. The molecule has 0 aliphatic carbocycles.